The molecular formula is C16H24N4O2S. The summed E-state index contributed by atoms with van der Waals surface area (Å²) >= 11 is 1.32. The van der Waals surface area contributed by atoms with Crippen LogP contribution in [0.1, 0.15) is 32.4 Å². The lowest BCUT2D eigenvalue weighted by atomic mass is 10.3. The third-order valence-electron chi connectivity index (χ3n) is 3.79. The molecule has 0 aliphatic rings. The molecule has 2 aromatic heterocycles. The van der Waals surface area contributed by atoms with E-state index in [2.05, 4.69) is 16.9 Å². The number of thioether (sulfide) groups is 1. The van der Waals surface area contributed by atoms with Gasteiger partial charge in [0.25, 0.3) is 5.56 Å². The lowest BCUT2D eigenvalue weighted by molar-refractivity contribution is -0.128. The molecule has 0 aliphatic heterocycles. The van der Waals surface area contributed by atoms with E-state index in [-0.39, 0.29) is 11.5 Å². The predicted octanol–water partition coefficient (Wildman–Crippen LogP) is 2.31. The number of aromatic nitrogens is 3. The molecule has 0 unspecified atom stereocenters. The third-order valence-corrected chi connectivity index (χ3v) is 4.81. The standard InChI is InChI=1S/C16H24N4O2S/c1-5-7-8-20(6-2)13(21)10-23-16-18-12-9-11(3)17-14(12)15(22)19(16)4/h9,17H,5-8,10H2,1-4H3. The lowest BCUT2D eigenvalue weighted by Gasteiger charge is -2.20. The normalized spacial score (nSPS) is 11.1. The summed E-state index contributed by atoms with van der Waals surface area (Å²) < 4.78 is 1.50. The van der Waals surface area contributed by atoms with Gasteiger partial charge < -0.3 is 9.88 Å². The van der Waals surface area contributed by atoms with Gasteiger partial charge in [0.2, 0.25) is 5.91 Å². The number of H-pyrrole nitrogens is 1. The van der Waals surface area contributed by atoms with Crippen LogP contribution in [0.3, 0.4) is 0 Å². The van der Waals surface area contributed by atoms with Crippen LogP contribution in [-0.2, 0) is 11.8 Å². The van der Waals surface area contributed by atoms with Crippen molar-refractivity contribution in [3.63, 3.8) is 0 Å². The molecule has 2 heterocycles. The van der Waals surface area contributed by atoms with E-state index < -0.39 is 0 Å². The van der Waals surface area contributed by atoms with Gasteiger partial charge in [-0.25, -0.2) is 4.98 Å². The van der Waals surface area contributed by atoms with E-state index in [1.807, 2.05) is 24.8 Å². The van der Waals surface area contributed by atoms with Crippen molar-refractivity contribution in [1.29, 1.82) is 0 Å². The number of hydrogen-bond acceptors (Lipinski definition) is 4. The number of hydrogen-bond donors (Lipinski definition) is 1. The van der Waals surface area contributed by atoms with Gasteiger partial charge in [-0.05, 0) is 26.3 Å². The SMILES string of the molecule is CCCCN(CC)C(=O)CSc1nc2cc(C)[nH]c2c(=O)n1C. The monoisotopic (exact) mass is 336 g/mol. The fraction of sp³-hybridized carbons (Fsp3) is 0.562. The van der Waals surface area contributed by atoms with Crippen molar-refractivity contribution in [2.24, 2.45) is 7.05 Å². The Morgan fingerprint density at radius 1 is 1.43 bits per heavy atom. The molecule has 7 heteroatoms. The number of unbranched alkanes of at least 4 members (excludes halogenated alkanes) is 1. The Morgan fingerprint density at radius 2 is 2.17 bits per heavy atom. The number of aromatic amines is 1. The molecule has 0 radical (unpaired) electrons. The molecule has 0 aliphatic carbocycles. The van der Waals surface area contributed by atoms with Crippen LogP contribution in [0.25, 0.3) is 11.0 Å². The zero-order chi connectivity index (χ0) is 17.0. The minimum Gasteiger partial charge on any atom is -0.353 e. The van der Waals surface area contributed by atoms with Gasteiger partial charge >= 0.3 is 0 Å². The number of nitrogens with one attached hydrogen (secondary N) is 1. The highest BCUT2D eigenvalue weighted by Gasteiger charge is 2.15. The van der Waals surface area contributed by atoms with Gasteiger partial charge in [-0.15, -0.1) is 0 Å². The second kappa shape index (κ2) is 7.68. The van der Waals surface area contributed by atoms with Gasteiger partial charge in [0, 0.05) is 25.8 Å². The molecule has 0 bridgehead atoms. The zero-order valence-electron chi connectivity index (χ0n) is 14.2. The molecule has 23 heavy (non-hydrogen) atoms. The first-order valence-electron chi connectivity index (χ1n) is 7.94. The topological polar surface area (TPSA) is 71.0 Å². The van der Waals surface area contributed by atoms with Crippen LogP contribution in [0.2, 0.25) is 0 Å². The molecule has 6 nitrogen and oxygen atoms in total. The average Bonchev–Trinajstić information content (AvgIpc) is 2.91. The fourth-order valence-electron chi connectivity index (χ4n) is 2.41. The maximum atomic E-state index is 12.3. The van der Waals surface area contributed by atoms with E-state index >= 15 is 0 Å². The molecule has 0 saturated heterocycles. The number of fused-ring (bicyclic) bond motifs is 1. The van der Waals surface area contributed by atoms with Crippen LogP contribution in [0, 0.1) is 6.92 Å². The van der Waals surface area contributed by atoms with E-state index in [1.165, 1.54) is 16.3 Å². The molecule has 0 atom stereocenters. The van der Waals surface area contributed by atoms with Crippen molar-refractivity contribution in [2.75, 3.05) is 18.8 Å². The summed E-state index contributed by atoms with van der Waals surface area (Å²) in [5.41, 5.74) is 1.95. The predicted molar refractivity (Wildman–Crippen MR) is 94.0 cm³/mol. The first-order chi connectivity index (χ1) is 11.0. The molecule has 1 amide bonds. The number of aryl methyl sites for hydroxylation is 1. The van der Waals surface area contributed by atoms with Crippen LogP contribution in [0.5, 0.6) is 0 Å². The Hall–Kier alpha value is -1.76. The molecule has 0 saturated carbocycles. The number of nitrogens with zero attached hydrogens (tertiary/aromatic N) is 3. The number of rotatable bonds is 7. The van der Waals surface area contributed by atoms with Crippen LogP contribution in [0.15, 0.2) is 16.0 Å². The Bertz CT molecular complexity index is 750. The van der Waals surface area contributed by atoms with Crippen LogP contribution in [-0.4, -0.2) is 44.2 Å². The smallest absolute Gasteiger partial charge is 0.278 e. The van der Waals surface area contributed by atoms with Crippen molar-refractivity contribution in [2.45, 2.75) is 38.8 Å². The molecule has 1 N–H and O–H groups in total. The number of carbonyl (C=O) groups is 1. The third kappa shape index (κ3) is 3.96. The highest BCUT2D eigenvalue weighted by molar-refractivity contribution is 7.99. The Labute approximate surface area is 140 Å². The minimum atomic E-state index is -0.114. The van der Waals surface area contributed by atoms with E-state index in [0.29, 0.717) is 28.5 Å². The van der Waals surface area contributed by atoms with Crippen LogP contribution < -0.4 is 5.56 Å². The van der Waals surface area contributed by atoms with Crippen molar-refractivity contribution in [1.82, 2.24) is 19.4 Å². The fourth-order valence-corrected chi connectivity index (χ4v) is 3.29. The zero-order valence-corrected chi connectivity index (χ0v) is 15.0. The van der Waals surface area contributed by atoms with Gasteiger partial charge in [0.05, 0.1) is 11.3 Å². The van der Waals surface area contributed by atoms with E-state index in [1.54, 1.807) is 7.05 Å². The second-order valence-electron chi connectivity index (χ2n) is 5.59. The number of carbonyl (C=O) groups excluding carboxylic acids is 1. The maximum Gasteiger partial charge on any atom is 0.278 e. The summed E-state index contributed by atoms with van der Waals surface area (Å²) in [6.07, 6.45) is 2.08. The van der Waals surface area contributed by atoms with Gasteiger partial charge in [0.1, 0.15) is 5.52 Å². The van der Waals surface area contributed by atoms with Crippen molar-refractivity contribution in [3.8, 4) is 0 Å². The molecular weight excluding hydrogens is 312 g/mol. The van der Waals surface area contributed by atoms with Gasteiger partial charge in [0.15, 0.2) is 5.16 Å². The van der Waals surface area contributed by atoms with Crippen molar-refractivity contribution < 1.29 is 4.79 Å². The van der Waals surface area contributed by atoms with E-state index in [0.717, 1.165) is 25.1 Å². The summed E-state index contributed by atoms with van der Waals surface area (Å²) in [6.45, 7) is 7.49. The van der Waals surface area contributed by atoms with Gasteiger partial charge in [-0.2, -0.15) is 0 Å². The first kappa shape index (κ1) is 17.6. The Kier molecular flexibility index (Phi) is 5.87. The van der Waals surface area contributed by atoms with Crippen molar-refractivity contribution in [3.05, 3.63) is 22.1 Å². The number of amides is 1. The molecule has 126 valence electrons. The van der Waals surface area contributed by atoms with Crippen LogP contribution in [0.4, 0.5) is 0 Å². The molecule has 2 aromatic rings. The second-order valence-corrected chi connectivity index (χ2v) is 6.53. The largest absolute Gasteiger partial charge is 0.353 e. The average molecular weight is 336 g/mol. The summed E-state index contributed by atoms with van der Waals surface area (Å²) in [4.78, 5) is 34.0. The van der Waals surface area contributed by atoms with Crippen molar-refractivity contribution >= 4 is 28.7 Å². The van der Waals surface area contributed by atoms with Gasteiger partial charge in [-0.1, -0.05) is 25.1 Å². The highest BCUT2D eigenvalue weighted by atomic mass is 32.2. The summed E-state index contributed by atoms with van der Waals surface area (Å²) in [5.74, 6) is 0.387. The minimum absolute atomic E-state index is 0.0885. The van der Waals surface area contributed by atoms with Crippen LogP contribution >= 0.6 is 11.8 Å². The Balaban J connectivity index is 2.14. The summed E-state index contributed by atoms with van der Waals surface area (Å²) in [7, 11) is 1.69. The first-order valence-corrected chi connectivity index (χ1v) is 8.93. The molecule has 0 fully saturated rings. The quantitative estimate of drug-likeness (QED) is 0.622. The molecule has 0 spiro atoms. The highest BCUT2D eigenvalue weighted by Crippen LogP contribution is 2.18. The summed E-state index contributed by atoms with van der Waals surface area (Å²) in [5, 5.41) is 0.571. The molecule has 2 rings (SSSR count). The van der Waals surface area contributed by atoms with Gasteiger partial charge in [-0.3, -0.25) is 14.2 Å². The van der Waals surface area contributed by atoms with E-state index in [4.69, 9.17) is 0 Å². The summed E-state index contributed by atoms with van der Waals surface area (Å²) in [6, 6.07) is 1.85. The Morgan fingerprint density at radius 3 is 2.83 bits per heavy atom. The maximum absolute atomic E-state index is 12.3. The van der Waals surface area contributed by atoms with E-state index in [9.17, 15) is 9.59 Å². The lowest BCUT2D eigenvalue weighted by Crippen LogP contribution is -2.33. The molecule has 0 aromatic carbocycles.